The molecule has 5 heteroatoms. The highest BCUT2D eigenvalue weighted by molar-refractivity contribution is 7.07. The van der Waals surface area contributed by atoms with Crippen LogP contribution in [-0.2, 0) is 24.9 Å². The van der Waals surface area contributed by atoms with Gasteiger partial charge in [0.1, 0.15) is 0 Å². The number of aryl methyl sites for hydroxylation is 1. The van der Waals surface area contributed by atoms with Crippen molar-refractivity contribution < 1.29 is 4.74 Å². The summed E-state index contributed by atoms with van der Waals surface area (Å²) in [6.45, 7) is 6.65. The van der Waals surface area contributed by atoms with E-state index < -0.39 is 0 Å². The number of hydrogen-bond donors (Lipinski definition) is 0. The second kappa shape index (κ2) is 6.08. The molecule has 4 nitrogen and oxygen atoms in total. The van der Waals surface area contributed by atoms with Gasteiger partial charge in [0.2, 0.25) is 0 Å². The van der Waals surface area contributed by atoms with Crippen molar-refractivity contribution in [1.82, 2.24) is 14.7 Å². The van der Waals surface area contributed by atoms with Crippen LogP contribution in [0.1, 0.15) is 29.7 Å². The molecule has 3 rings (SSSR count). The summed E-state index contributed by atoms with van der Waals surface area (Å²) in [5, 5.41) is 8.80. The zero-order chi connectivity index (χ0) is 13.9. The molecule has 0 aliphatic carbocycles. The fourth-order valence-electron chi connectivity index (χ4n) is 3.00. The van der Waals surface area contributed by atoms with Crippen molar-refractivity contribution in [2.75, 3.05) is 19.8 Å². The molecule has 0 bridgehead atoms. The Kier molecular flexibility index (Phi) is 4.19. The Bertz CT molecular complexity index is 549. The number of thiophene rings is 1. The van der Waals surface area contributed by atoms with Crippen molar-refractivity contribution in [3.63, 3.8) is 0 Å². The highest BCUT2D eigenvalue weighted by Crippen LogP contribution is 2.29. The van der Waals surface area contributed by atoms with E-state index in [2.05, 4.69) is 33.7 Å². The van der Waals surface area contributed by atoms with Gasteiger partial charge in [-0.15, -0.1) is 0 Å². The number of ether oxygens (including phenoxy) is 1. The van der Waals surface area contributed by atoms with Gasteiger partial charge < -0.3 is 4.74 Å². The molecule has 2 aromatic rings. The van der Waals surface area contributed by atoms with E-state index in [-0.39, 0.29) is 0 Å². The van der Waals surface area contributed by atoms with Crippen LogP contribution in [0.25, 0.3) is 0 Å². The number of nitrogens with zero attached hydrogens (tertiary/aromatic N) is 3. The molecule has 1 aliphatic heterocycles. The second-order valence-corrected chi connectivity index (χ2v) is 6.12. The van der Waals surface area contributed by atoms with Gasteiger partial charge in [0, 0.05) is 50.5 Å². The molecule has 2 aromatic heterocycles. The minimum absolute atomic E-state index is 0.421. The summed E-state index contributed by atoms with van der Waals surface area (Å²) in [5.41, 5.74) is 4.09. The van der Waals surface area contributed by atoms with Gasteiger partial charge in [-0.1, -0.05) is 0 Å². The minimum atomic E-state index is 0.421. The van der Waals surface area contributed by atoms with Crippen molar-refractivity contribution in [2.24, 2.45) is 7.05 Å². The van der Waals surface area contributed by atoms with Crippen molar-refractivity contribution in [2.45, 2.75) is 25.9 Å². The Morgan fingerprint density at radius 2 is 2.40 bits per heavy atom. The predicted octanol–water partition coefficient (Wildman–Crippen LogP) is 2.62. The third-order valence-electron chi connectivity index (χ3n) is 3.83. The average Bonchev–Trinajstić information content (AvgIpc) is 3.07. The molecule has 1 atom stereocenters. The lowest BCUT2D eigenvalue weighted by atomic mass is 9.96. The number of rotatable bonds is 5. The van der Waals surface area contributed by atoms with Gasteiger partial charge in [-0.2, -0.15) is 16.4 Å². The van der Waals surface area contributed by atoms with Gasteiger partial charge in [0.25, 0.3) is 0 Å². The quantitative estimate of drug-likeness (QED) is 0.848. The van der Waals surface area contributed by atoms with Crippen LogP contribution < -0.4 is 0 Å². The number of aromatic nitrogens is 2. The van der Waals surface area contributed by atoms with E-state index in [1.165, 1.54) is 16.8 Å². The van der Waals surface area contributed by atoms with Crippen LogP contribution >= 0.6 is 11.3 Å². The Labute approximate surface area is 124 Å². The Hall–Kier alpha value is -1.17. The van der Waals surface area contributed by atoms with E-state index in [4.69, 9.17) is 4.74 Å². The zero-order valence-electron chi connectivity index (χ0n) is 12.1. The number of hydrogen-bond acceptors (Lipinski definition) is 4. The molecule has 0 saturated carbocycles. The average molecular weight is 291 g/mol. The third-order valence-corrected chi connectivity index (χ3v) is 4.57. The molecule has 0 radical (unpaired) electrons. The first-order chi connectivity index (χ1) is 9.78. The van der Waals surface area contributed by atoms with Crippen molar-refractivity contribution >= 4 is 11.3 Å². The fraction of sp³-hybridized carbons (Fsp3) is 0.533. The molecular weight excluding hydrogens is 270 g/mol. The van der Waals surface area contributed by atoms with Gasteiger partial charge in [0.05, 0.1) is 12.8 Å². The summed E-state index contributed by atoms with van der Waals surface area (Å²) in [4.78, 5) is 2.50. The smallest absolute Gasteiger partial charge is 0.0562 e. The first-order valence-corrected chi connectivity index (χ1v) is 8.04. The molecule has 0 saturated heterocycles. The van der Waals surface area contributed by atoms with Crippen LogP contribution in [0.5, 0.6) is 0 Å². The molecule has 0 unspecified atom stereocenters. The summed E-state index contributed by atoms with van der Waals surface area (Å²) in [6, 6.07) is 2.21. The molecular formula is C15H21N3OS. The van der Waals surface area contributed by atoms with Gasteiger partial charge in [0.15, 0.2) is 0 Å². The molecule has 20 heavy (non-hydrogen) atoms. The SMILES string of the molecule is CCOC[C@H]1CN(Cc2ccsc2)Cc2cnn(C)c21. The van der Waals surface area contributed by atoms with E-state index in [1.54, 1.807) is 11.3 Å². The standard InChI is InChI=1S/C15H21N3OS/c1-3-19-10-14-9-18(7-12-4-5-20-11-12)8-13-6-16-17(2)15(13)14/h4-6,11,14H,3,7-10H2,1-2H3/t14-/m1/s1. The topological polar surface area (TPSA) is 30.3 Å². The maximum absolute atomic E-state index is 5.67. The van der Waals surface area contributed by atoms with Gasteiger partial charge in [-0.3, -0.25) is 9.58 Å². The molecule has 0 amide bonds. The van der Waals surface area contributed by atoms with E-state index in [0.29, 0.717) is 5.92 Å². The van der Waals surface area contributed by atoms with Crippen LogP contribution in [0.4, 0.5) is 0 Å². The van der Waals surface area contributed by atoms with Crippen LogP contribution in [0, 0.1) is 0 Å². The van der Waals surface area contributed by atoms with E-state index >= 15 is 0 Å². The first kappa shape index (κ1) is 13.8. The highest BCUT2D eigenvalue weighted by atomic mass is 32.1. The Morgan fingerprint density at radius 1 is 1.50 bits per heavy atom. The van der Waals surface area contributed by atoms with Crippen LogP contribution in [0.2, 0.25) is 0 Å². The third kappa shape index (κ3) is 2.80. The van der Waals surface area contributed by atoms with Crippen molar-refractivity contribution in [1.29, 1.82) is 0 Å². The minimum Gasteiger partial charge on any atom is -0.381 e. The normalized spacial score (nSPS) is 19.2. The summed E-state index contributed by atoms with van der Waals surface area (Å²) in [7, 11) is 2.03. The Morgan fingerprint density at radius 3 is 3.15 bits per heavy atom. The molecule has 1 aliphatic rings. The van der Waals surface area contributed by atoms with Crippen LogP contribution in [-0.4, -0.2) is 34.4 Å². The van der Waals surface area contributed by atoms with Crippen LogP contribution in [0.15, 0.2) is 23.0 Å². The summed E-state index contributed by atoms with van der Waals surface area (Å²) < 4.78 is 7.69. The van der Waals surface area contributed by atoms with E-state index in [0.717, 1.165) is 32.8 Å². The maximum Gasteiger partial charge on any atom is 0.0562 e. The Balaban J connectivity index is 1.77. The van der Waals surface area contributed by atoms with E-state index in [1.807, 2.05) is 17.9 Å². The number of fused-ring (bicyclic) bond motifs is 1. The van der Waals surface area contributed by atoms with Crippen molar-refractivity contribution in [3.8, 4) is 0 Å². The van der Waals surface area contributed by atoms with Crippen molar-refractivity contribution in [3.05, 3.63) is 39.8 Å². The fourth-order valence-corrected chi connectivity index (χ4v) is 3.66. The van der Waals surface area contributed by atoms with Gasteiger partial charge >= 0.3 is 0 Å². The molecule has 0 fully saturated rings. The molecule has 0 spiro atoms. The largest absolute Gasteiger partial charge is 0.381 e. The monoisotopic (exact) mass is 291 g/mol. The van der Waals surface area contributed by atoms with Crippen LogP contribution in [0.3, 0.4) is 0 Å². The lowest BCUT2D eigenvalue weighted by Gasteiger charge is -2.32. The molecule has 3 heterocycles. The predicted molar refractivity (Wildman–Crippen MR) is 80.9 cm³/mol. The second-order valence-electron chi connectivity index (χ2n) is 5.34. The van der Waals surface area contributed by atoms with Gasteiger partial charge in [-0.05, 0) is 29.3 Å². The summed E-state index contributed by atoms with van der Waals surface area (Å²) in [6.07, 6.45) is 2.01. The molecule has 0 aromatic carbocycles. The summed E-state index contributed by atoms with van der Waals surface area (Å²) in [5.74, 6) is 0.421. The van der Waals surface area contributed by atoms with E-state index in [9.17, 15) is 0 Å². The zero-order valence-corrected chi connectivity index (χ0v) is 12.9. The molecule has 0 N–H and O–H groups in total. The summed E-state index contributed by atoms with van der Waals surface area (Å²) >= 11 is 1.76. The van der Waals surface area contributed by atoms with Gasteiger partial charge in [-0.25, -0.2) is 0 Å². The lowest BCUT2D eigenvalue weighted by Crippen LogP contribution is -2.35. The highest BCUT2D eigenvalue weighted by Gasteiger charge is 2.28. The molecule has 108 valence electrons. The first-order valence-electron chi connectivity index (χ1n) is 7.10. The maximum atomic E-state index is 5.67. The lowest BCUT2D eigenvalue weighted by molar-refractivity contribution is 0.102.